The molecule has 1 amide bonds. The molecule has 0 heterocycles. The average Bonchev–Trinajstić information content (AvgIpc) is 3.56. The quantitative estimate of drug-likeness (QED) is 0.0243. The highest BCUT2D eigenvalue weighted by atomic mass is 31.2. The topological polar surface area (TPSA) is 105 Å². The molecule has 8 nitrogen and oxygen atoms in total. The molecular formula is C75H138N2O6P+. The van der Waals surface area contributed by atoms with Crippen LogP contribution in [0.5, 0.6) is 0 Å². The van der Waals surface area contributed by atoms with Gasteiger partial charge in [0.25, 0.3) is 0 Å². The van der Waals surface area contributed by atoms with E-state index in [1.54, 1.807) is 6.08 Å². The maximum Gasteiger partial charge on any atom is 0.472 e. The van der Waals surface area contributed by atoms with E-state index >= 15 is 0 Å². The van der Waals surface area contributed by atoms with Crippen LogP contribution in [0.3, 0.4) is 0 Å². The van der Waals surface area contributed by atoms with E-state index in [0.29, 0.717) is 17.4 Å². The Bertz CT molecular complexity index is 1690. The van der Waals surface area contributed by atoms with Gasteiger partial charge in [-0.1, -0.05) is 329 Å². The lowest BCUT2D eigenvalue weighted by Crippen LogP contribution is -2.45. The molecule has 0 radical (unpaired) electrons. The van der Waals surface area contributed by atoms with E-state index in [1.807, 2.05) is 27.2 Å². The molecule has 3 atom stereocenters. The predicted octanol–water partition coefficient (Wildman–Crippen LogP) is 22.9. The summed E-state index contributed by atoms with van der Waals surface area (Å²) in [6, 6.07) is -0.867. The van der Waals surface area contributed by atoms with Crippen LogP contribution >= 0.6 is 7.82 Å². The Morgan fingerprint density at radius 1 is 0.417 bits per heavy atom. The van der Waals surface area contributed by atoms with Gasteiger partial charge in [0.2, 0.25) is 5.91 Å². The van der Waals surface area contributed by atoms with E-state index in [-0.39, 0.29) is 19.1 Å². The van der Waals surface area contributed by atoms with Gasteiger partial charge < -0.3 is 19.8 Å². The van der Waals surface area contributed by atoms with E-state index in [0.717, 1.165) is 77.0 Å². The molecule has 0 aromatic carbocycles. The summed E-state index contributed by atoms with van der Waals surface area (Å²) < 4.78 is 23.8. The molecular weight excluding hydrogens is 1060 g/mol. The lowest BCUT2D eigenvalue weighted by Gasteiger charge is -2.25. The minimum atomic E-state index is -4.36. The molecule has 0 aromatic rings. The summed E-state index contributed by atoms with van der Waals surface area (Å²) >= 11 is 0. The van der Waals surface area contributed by atoms with Gasteiger partial charge in [-0.3, -0.25) is 13.8 Å². The zero-order valence-electron chi connectivity index (χ0n) is 55.9. The molecule has 0 spiro atoms. The summed E-state index contributed by atoms with van der Waals surface area (Å²) in [7, 11) is 1.56. The summed E-state index contributed by atoms with van der Waals surface area (Å²) in [6.45, 7) is 4.71. The van der Waals surface area contributed by atoms with Gasteiger partial charge in [-0.25, -0.2) is 4.57 Å². The molecule has 0 saturated heterocycles. The number of nitrogens with zero attached hydrogens (tertiary/aromatic N) is 1. The van der Waals surface area contributed by atoms with Crippen molar-refractivity contribution in [3.05, 3.63) is 97.2 Å². The molecule has 0 saturated carbocycles. The lowest BCUT2D eigenvalue weighted by molar-refractivity contribution is -0.870. The van der Waals surface area contributed by atoms with Crippen LogP contribution < -0.4 is 5.32 Å². The van der Waals surface area contributed by atoms with Crippen LogP contribution in [0.25, 0.3) is 0 Å². The van der Waals surface area contributed by atoms with Gasteiger partial charge >= 0.3 is 7.82 Å². The van der Waals surface area contributed by atoms with Crippen molar-refractivity contribution in [2.45, 2.75) is 334 Å². The molecule has 0 rings (SSSR count). The Kier molecular flexibility index (Phi) is 62.9. The molecule has 488 valence electrons. The number of unbranched alkanes of at least 4 members (excludes halogenated alkanes) is 38. The fourth-order valence-corrected chi connectivity index (χ4v) is 11.0. The fraction of sp³-hybridized carbons (Fsp3) is 0.773. The van der Waals surface area contributed by atoms with Gasteiger partial charge in [-0.15, -0.1) is 0 Å². The standard InChI is InChI=1S/C75H137N2O6P/c1-6-8-10-12-14-16-18-20-22-24-26-28-29-30-31-32-33-34-35-36-37-38-39-40-41-42-43-44-45-46-47-49-51-53-55-57-59-61-63-65-67-69-75(79)76-73(72-83-84(80,81)82-71-70-77(3,4)5)74(78)68-66-64-62-60-58-56-54-52-50-48-27-25-23-21-19-17-15-13-11-9-7-2/h8,10,14,16,20,22,26,28,30-31,33-34,58,60,66,68,73-74,78H,6-7,9,11-13,15,17-19,21,23-25,27,29,32,35-57,59,61-65,67,69-72H2,1-5H3,(H-,76,79,80,81)/p+1/b10-8-,16-14-,22-20-,28-26-,31-30-,34-33-,60-58+,68-66+. The number of aliphatic hydroxyl groups excluding tert-OH is 1. The summed E-state index contributed by atoms with van der Waals surface area (Å²) in [6.07, 6.45) is 94.2. The summed E-state index contributed by atoms with van der Waals surface area (Å²) in [5.74, 6) is -0.183. The normalized spacial score (nSPS) is 14.2. The first kappa shape index (κ1) is 81.4. The van der Waals surface area contributed by atoms with Gasteiger partial charge in [-0.2, -0.15) is 0 Å². The summed E-state index contributed by atoms with van der Waals surface area (Å²) in [5, 5.41) is 14.0. The molecule has 0 bridgehead atoms. The van der Waals surface area contributed by atoms with Crippen LogP contribution in [0.2, 0.25) is 0 Å². The van der Waals surface area contributed by atoms with Gasteiger partial charge in [-0.05, 0) is 83.5 Å². The molecule has 3 N–H and O–H groups in total. The molecule has 9 heteroatoms. The second kappa shape index (κ2) is 64.9. The van der Waals surface area contributed by atoms with Crippen molar-refractivity contribution >= 4 is 13.7 Å². The van der Waals surface area contributed by atoms with Gasteiger partial charge in [0, 0.05) is 6.42 Å². The monoisotopic (exact) mass is 1190 g/mol. The Labute approximate surface area is 521 Å². The number of carbonyl (C=O) groups is 1. The van der Waals surface area contributed by atoms with Crippen LogP contribution in [-0.4, -0.2) is 73.4 Å². The highest BCUT2D eigenvalue weighted by Crippen LogP contribution is 2.43. The van der Waals surface area contributed by atoms with Gasteiger partial charge in [0.15, 0.2) is 0 Å². The molecule has 0 fully saturated rings. The number of hydrogen-bond donors (Lipinski definition) is 3. The van der Waals surface area contributed by atoms with E-state index in [4.69, 9.17) is 9.05 Å². The summed E-state index contributed by atoms with van der Waals surface area (Å²) in [5.41, 5.74) is 0. The number of phosphoric ester groups is 1. The number of hydrogen-bond acceptors (Lipinski definition) is 5. The van der Waals surface area contributed by atoms with Crippen molar-refractivity contribution in [2.75, 3.05) is 40.9 Å². The van der Waals surface area contributed by atoms with Crippen LogP contribution in [-0.2, 0) is 18.4 Å². The lowest BCUT2D eigenvalue weighted by atomic mass is 10.0. The SMILES string of the molecule is CC/C=C\C/C=C\C/C=C\C/C=C\C/C=C\C/C=C\CCCCCCCCCCCCCCCCCCCCCCCCC(=O)NC(COP(=O)(O)OCC[N+](C)(C)C)C(O)/C=C/CC/C=C/CCCCCCCCCCCCCCCCC. The molecule has 84 heavy (non-hydrogen) atoms. The maximum atomic E-state index is 13.0. The van der Waals surface area contributed by atoms with Crippen LogP contribution in [0.1, 0.15) is 322 Å². The van der Waals surface area contributed by atoms with Crippen molar-refractivity contribution in [3.8, 4) is 0 Å². The second-order valence-electron chi connectivity index (χ2n) is 25.2. The number of quaternary nitrogens is 1. The maximum absolute atomic E-state index is 13.0. The Morgan fingerprint density at radius 3 is 1.10 bits per heavy atom. The molecule has 0 aliphatic heterocycles. The molecule has 0 aliphatic carbocycles. The van der Waals surface area contributed by atoms with Crippen molar-refractivity contribution < 1.29 is 32.9 Å². The number of amides is 1. The third-order valence-corrected chi connectivity index (χ3v) is 16.8. The molecule has 0 aliphatic rings. The summed E-state index contributed by atoms with van der Waals surface area (Å²) in [4.78, 5) is 23.4. The largest absolute Gasteiger partial charge is 0.472 e. The van der Waals surface area contributed by atoms with Crippen LogP contribution in [0.15, 0.2) is 97.2 Å². The first-order valence-electron chi connectivity index (χ1n) is 35.6. The van der Waals surface area contributed by atoms with E-state index in [1.165, 1.54) is 225 Å². The molecule has 0 aromatic heterocycles. The van der Waals surface area contributed by atoms with Crippen LogP contribution in [0.4, 0.5) is 0 Å². The van der Waals surface area contributed by atoms with Gasteiger partial charge in [0.1, 0.15) is 13.2 Å². The zero-order chi connectivity index (χ0) is 61.2. The highest BCUT2D eigenvalue weighted by Gasteiger charge is 2.28. The fourth-order valence-electron chi connectivity index (χ4n) is 10.3. The average molecular weight is 1190 g/mol. The van der Waals surface area contributed by atoms with Crippen molar-refractivity contribution in [1.29, 1.82) is 0 Å². The predicted molar refractivity (Wildman–Crippen MR) is 369 cm³/mol. The van der Waals surface area contributed by atoms with Crippen LogP contribution in [0, 0.1) is 0 Å². The van der Waals surface area contributed by atoms with Gasteiger partial charge in [0.05, 0.1) is 39.9 Å². The third-order valence-electron chi connectivity index (χ3n) is 15.8. The Balaban J connectivity index is 3.99. The van der Waals surface area contributed by atoms with Crippen molar-refractivity contribution in [2.24, 2.45) is 0 Å². The third kappa shape index (κ3) is 66.9. The van der Waals surface area contributed by atoms with E-state index in [2.05, 4.69) is 104 Å². The number of aliphatic hydroxyl groups is 1. The number of nitrogens with one attached hydrogen (secondary N) is 1. The highest BCUT2D eigenvalue weighted by molar-refractivity contribution is 7.47. The first-order chi connectivity index (χ1) is 41.0. The first-order valence-corrected chi connectivity index (χ1v) is 37.1. The second-order valence-corrected chi connectivity index (χ2v) is 26.7. The van der Waals surface area contributed by atoms with Crippen molar-refractivity contribution in [1.82, 2.24) is 5.32 Å². The minimum absolute atomic E-state index is 0.0553. The van der Waals surface area contributed by atoms with E-state index in [9.17, 15) is 19.4 Å². The Morgan fingerprint density at radius 2 is 0.726 bits per heavy atom. The van der Waals surface area contributed by atoms with Crippen molar-refractivity contribution in [3.63, 3.8) is 0 Å². The Hall–Kier alpha value is -2.58. The smallest absolute Gasteiger partial charge is 0.387 e. The minimum Gasteiger partial charge on any atom is -0.387 e. The number of rotatable bonds is 65. The molecule has 3 unspecified atom stereocenters. The zero-order valence-corrected chi connectivity index (χ0v) is 56.8. The number of carbonyl (C=O) groups excluding carboxylic acids is 1. The number of allylic oxidation sites excluding steroid dienone is 15. The number of phosphoric acid groups is 1. The van der Waals surface area contributed by atoms with E-state index < -0.39 is 20.0 Å². The number of likely N-dealkylation sites (N-methyl/N-ethyl adjacent to an activating group) is 1.